The number of hydrogen-bond acceptors (Lipinski definition) is 4. The van der Waals surface area contributed by atoms with Gasteiger partial charge >= 0.3 is 0 Å². The molecule has 0 spiro atoms. The van der Waals surface area contributed by atoms with Crippen LogP contribution in [0.5, 0.6) is 0 Å². The third-order valence-corrected chi connectivity index (χ3v) is 5.60. The van der Waals surface area contributed by atoms with Crippen molar-refractivity contribution in [2.24, 2.45) is 5.92 Å². The van der Waals surface area contributed by atoms with Gasteiger partial charge in [0, 0.05) is 37.1 Å². The van der Waals surface area contributed by atoms with Gasteiger partial charge in [0.15, 0.2) is 5.16 Å². The van der Waals surface area contributed by atoms with Gasteiger partial charge in [-0.2, -0.15) is 0 Å². The monoisotopic (exact) mass is 307 g/mol. The highest BCUT2D eigenvalue weighted by Gasteiger charge is 2.33. The maximum Gasteiger partial charge on any atom is 0.254 e. The van der Waals surface area contributed by atoms with Crippen molar-refractivity contribution in [1.82, 2.24) is 14.5 Å². The van der Waals surface area contributed by atoms with Crippen LogP contribution in [0.4, 0.5) is 0 Å². The summed E-state index contributed by atoms with van der Waals surface area (Å²) in [5, 5.41) is 0.734. The molecule has 6 heteroatoms. The first-order chi connectivity index (χ1) is 10.2. The first-order valence-electron chi connectivity index (χ1n) is 7.70. The smallest absolute Gasteiger partial charge is 0.254 e. The summed E-state index contributed by atoms with van der Waals surface area (Å²) < 4.78 is 1.64. The second-order valence-electron chi connectivity index (χ2n) is 5.77. The van der Waals surface area contributed by atoms with Gasteiger partial charge in [-0.05, 0) is 25.7 Å². The van der Waals surface area contributed by atoms with Crippen LogP contribution in [0.25, 0.3) is 0 Å². The predicted molar refractivity (Wildman–Crippen MR) is 82.4 cm³/mol. The number of amides is 1. The van der Waals surface area contributed by atoms with E-state index in [0.717, 1.165) is 36.7 Å². The van der Waals surface area contributed by atoms with E-state index in [9.17, 15) is 9.59 Å². The van der Waals surface area contributed by atoms with Crippen LogP contribution < -0.4 is 5.56 Å². The molecule has 5 nitrogen and oxygen atoms in total. The molecule has 0 N–H and O–H groups in total. The van der Waals surface area contributed by atoms with E-state index in [4.69, 9.17) is 0 Å². The van der Waals surface area contributed by atoms with Crippen LogP contribution in [0.1, 0.15) is 32.6 Å². The van der Waals surface area contributed by atoms with Crippen molar-refractivity contribution in [2.45, 2.75) is 50.4 Å². The van der Waals surface area contributed by atoms with E-state index in [1.165, 1.54) is 24.2 Å². The summed E-state index contributed by atoms with van der Waals surface area (Å²) in [5.41, 5.74) is -0.0596. The second kappa shape index (κ2) is 6.22. The summed E-state index contributed by atoms with van der Waals surface area (Å²) in [6, 6.07) is 1.84. The number of nitrogens with zero attached hydrogens (tertiary/aromatic N) is 3. The minimum absolute atomic E-state index is 0.0596. The predicted octanol–water partition coefficient (Wildman–Crippen LogP) is 1.76. The molecule has 1 aromatic heterocycles. The number of carbonyl (C=O) groups is 1. The summed E-state index contributed by atoms with van der Waals surface area (Å²) in [4.78, 5) is 31.0. The maximum absolute atomic E-state index is 12.8. The number of hydrogen-bond donors (Lipinski definition) is 0. The normalized spacial score (nSPS) is 25.5. The second-order valence-corrected chi connectivity index (χ2v) is 6.76. The maximum atomic E-state index is 12.8. The molecule has 0 saturated carbocycles. The van der Waals surface area contributed by atoms with E-state index in [1.54, 1.807) is 10.8 Å². The van der Waals surface area contributed by atoms with Gasteiger partial charge in [-0.3, -0.25) is 14.2 Å². The lowest BCUT2D eigenvalue weighted by molar-refractivity contribution is -0.139. The van der Waals surface area contributed by atoms with Crippen LogP contribution in [-0.2, 0) is 11.3 Å². The highest BCUT2D eigenvalue weighted by Crippen LogP contribution is 2.28. The van der Waals surface area contributed by atoms with Crippen molar-refractivity contribution in [3.63, 3.8) is 0 Å². The zero-order valence-corrected chi connectivity index (χ0v) is 13.1. The van der Waals surface area contributed by atoms with Gasteiger partial charge in [0.25, 0.3) is 5.56 Å². The Balaban J connectivity index is 1.77. The Kier molecular flexibility index (Phi) is 4.33. The van der Waals surface area contributed by atoms with Crippen molar-refractivity contribution in [3.05, 3.63) is 22.6 Å². The Morgan fingerprint density at radius 3 is 3.14 bits per heavy atom. The van der Waals surface area contributed by atoms with Gasteiger partial charge in [0.2, 0.25) is 5.91 Å². The molecule has 3 heterocycles. The highest BCUT2D eigenvalue weighted by atomic mass is 32.2. The van der Waals surface area contributed by atoms with Crippen LogP contribution >= 0.6 is 11.8 Å². The summed E-state index contributed by atoms with van der Waals surface area (Å²) in [6.07, 6.45) is 5.99. The van der Waals surface area contributed by atoms with E-state index < -0.39 is 0 Å². The first-order valence-corrected chi connectivity index (χ1v) is 8.68. The van der Waals surface area contributed by atoms with Gasteiger partial charge in [0.1, 0.15) is 0 Å². The number of fused-ring (bicyclic) bond motifs is 1. The molecule has 21 heavy (non-hydrogen) atoms. The van der Waals surface area contributed by atoms with E-state index in [1.807, 2.05) is 0 Å². The topological polar surface area (TPSA) is 55.2 Å². The van der Waals surface area contributed by atoms with Crippen LogP contribution in [0.15, 0.2) is 22.2 Å². The summed E-state index contributed by atoms with van der Waals surface area (Å²) >= 11 is 1.52. The molecule has 1 saturated heterocycles. The summed E-state index contributed by atoms with van der Waals surface area (Å²) in [7, 11) is 0. The van der Waals surface area contributed by atoms with Gasteiger partial charge in [-0.25, -0.2) is 4.98 Å². The molecule has 0 aliphatic carbocycles. The molecule has 1 fully saturated rings. The number of piperidine rings is 1. The molecule has 1 amide bonds. The molecule has 2 aliphatic rings. The zero-order valence-electron chi connectivity index (χ0n) is 12.3. The van der Waals surface area contributed by atoms with Crippen LogP contribution in [0.3, 0.4) is 0 Å². The molecule has 2 aliphatic heterocycles. The number of thioether (sulfide) groups is 1. The largest absolute Gasteiger partial charge is 0.339 e. The number of likely N-dealkylation sites (tertiary alicyclic amines) is 1. The van der Waals surface area contributed by atoms with Crippen LogP contribution in [0, 0.1) is 5.92 Å². The molecule has 2 unspecified atom stereocenters. The van der Waals surface area contributed by atoms with E-state index >= 15 is 0 Å². The van der Waals surface area contributed by atoms with E-state index in [0.29, 0.717) is 12.6 Å². The Labute approximate surface area is 128 Å². The molecular weight excluding hydrogens is 286 g/mol. The van der Waals surface area contributed by atoms with Crippen LogP contribution in [0.2, 0.25) is 0 Å². The number of aromatic nitrogens is 2. The average molecular weight is 307 g/mol. The van der Waals surface area contributed by atoms with Crippen molar-refractivity contribution in [1.29, 1.82) is 0 Å². The quantitative estimate of drug-likeness (QED) is 0.781. The van der Waals surface area contributed by atoms with Gasteiger partial charge in [-0.15, -0.1) is 0 Å². The Hall–Kier alpha value is -1.30. The molecule has 114 valence electrons. The fraction of sp³-hybridized carbons (Fsp3) is 0.667. The minimum atomic E-state index is -0.100. The zero-order chi connectivity index (χ0) is 14.8. The average Bonchev–Trinajstić information content (AvgIpc) is 2.54. The molecule has 0 bridgehead atoms. The minimum Gasteiger partial charge on any atom is -0.339 e. The summed E-state index contributed by atoms with van der Waals surface area (Å²) in [5.74, 6) is 0.842. The molecule has 3 rings (SSSR count). The summed E-state index contributed by atoms with van der Waals surface area (Å²) in [6.45, 7) is 3.49. The lowest BCUT2D eigenvalue weighted by atomic mass is 9.97. The SMILES string of the molecule is CCC1CCCCN1C(=O)C1CSc2nccc(=O)n2C1. The Morgan fingerprint density at radius 2 is 2.33 bits per heavy atom. The standard InChI is InChI=1S/C15H21N3O2S/c1-2-12-5-3-4-8-17(12)14(20)11-9-18-13(19)6-7-16-15(18)21-10-11/h6-7,11-12H,2-5,8-10H2,1H3. The molecule has 1 aromatic rings. The highest BCUT2D eigenvalue weighted by molar-refractivity contribution is 7.99. The van der Waals surface area contributed by atoms with Gasteiger partial charge in [-0.1, -0.05) is 18.7 Å². The third kappa shape index (κ3) is 2.86. The fourth-order valence-corrected chi connectivity index (χ4v) is 4.30. The Morgan fingerprint density at radius 1 is 1.48 bits per heavy atom. The Bertz CT molecular complexity index is 587. The van der Waals surface area contributed by atoms with Gasteiger partial charge < -0.3 is 4.90 Å². The van der Waals surface area contributed by atoms with Crippen molar-refractivity contribution < 1.29 is 4.79 Å². The number of carbonyl (C=O) groups excluding carboxylic acids is 1. The molecular formula is C15H21N3O2S. The van der Waals surface area contributed by atoms with E-state index in [-0.39, 0.29) is 17.4 Å². The fourth-order valence-electron chi connectivity index (χ4n) is 3.25. The lowest BCUT2D eigenvalue weighted by Gasteiger charge is -2.38. The lowest BCUT2D eigenvalue weighted by Crippen LogP contribution is -2.48. The van der Waals surface area contributed by atoms with Crippen LogP contribution in [-0.4, -0.2) is 38.7 Å². The van der Waals surface area contributed by atoms with Crippen molar-refractivity contribution >= 4 is 17.7 Å². The number of rotatable bonds is 2. The van der Waals surface area contributed by atoms with Crippen molar-refractivity contribution in [2.75, 3.05) is 12.3 Å². The van der Waals surface area contributed by atoms with E-state index in [2.05, 4.69) is 16.8 Å². The molecule has 0 aromatic carbocycles. The first kappa shape index (κ1) is 14.6. The molecule has 2 atom stereocenters. The molecule has 0 radical (unpaired) electrons. The van der Waals surface area contributed by atoms with Crippen molar-refractivity contribution in [3.8, 4) is 0 Å². The third-order valence-electron chi connectivity index (χ3n) is 4.45. The van der Waals surface area contributed by atoms with Gasteiger partial charge in [0.05, 0.1) is 5.92 Å².